The van der Waals surface area contributed by atoms with E-state index in [2.05, 4.69) is 6.92 Å². The van der Waals surface area contributed by atoms with E-state index in [9.17, 15) is 9.59 Å². The maximum atomic E-state index is 11.1. The molecule has 0 aromatic carbocycles. The van der Waals surface area contributed by atoms with E-state index in [1.54, 1.807) is 4.90 Å². The minimum atomic E-state index is 0.0318. The van der Waals surface area contributed by atoms with Gasteiger partial charge in [0.25, 0.3) is 0 Å². The smallest absolute Gasteiger partial charge is 0.230 e. The lowest BCUT2D eigenvalue weighted by molar-refractivity contribution is -0.128. The van der Waals surface area contributed by atoms with Gasteiger partial charge in [-0.2, -0.15) is 0 Å². The van der Waals surface area contributed by atoms with Crippen molar-refractivity contribution in [2.24, 2.45) is 5.92 Å². The zero-order valence-corrected chi connectivity index (χ0v) is 6.54. The van der Waals surface area contributed by atoms with Crippen LogP contribution in [0.2, 0.25) is 0 Å². The number of amides is 1. The van der Waals surface area contributed by atoms with Crippen LogP contribution in [0.15, 0.2) is 0 Å². The highest BCUT2D eigenvalue weighted by atomic mass is 16.2. The molecule has 3 nitrogen and oxygen atoms in total. The Morgan fingerprint density at radius 2 is 2.09 bits per heavy atom. The Kier molecular flexibility index (Phi) is 1.28. The van der Waals surface area contributed by atoms with Crippen molar-refractivity contribution in [3.63, 3.8) is 0 Å². The predicted octanol–water partition coefficient (Wildman–Crippen LogP) is 0.196. The van der Waals surface area contributed by atoms with E-state index >= 15 is 0 Å². The molecule has 2 unspecified atom stereocenters. The molecule has 0 N–H and O–H groups in total. The summed E-state index contributed by atoms with van der Waals surface area (Å²) >= 11 is 0. The molecule has 60 valence electrons. The number of likely N-dealkylation sites (tertiary alicyclic amines) is 1. The summed E-state index contributed by atoms with van der Waals surface area (Å²) in [7, 11) is 0. The minimum Gasteiger partial charge on any atom is -0.332 e. The number of carbonyl (C=O) groups excluding carboxylic acids is 2. The van der Waals surface area contributed by atoms with Gasteiger partial charge in [0.2, 0.25) is 5.91 Å². The van der Waals surface area contributed by atoms with Crippen LogP contribution in [-0.4, -0.2) is 29.2 Å². The van der Waals surface area contributed by atoms with E-state index in [1.165, 1.54) is 0 Å². The number of ketones is 1. The van der Waals surface area contributed by atoms with Gasteiger partial charge in [0.1, 0.15) is 0 Å². The first-order valence-electron chi connectivity index (χ1n) is 3.99. The molecule has 0 bridgehead atoms. The first kappa shape index (κ1) is 6.83. The van der Waals surface area contributed by atoms with Crippen molar-refractivity contribution in [2.75, 3.05) is 6.54 Å². The van der Waals surface area contributed by atoms with Crippen molar-refractivity contribution in [3.05, 3.63) is 0 Å². The van der Waals surface area contributed by atoms with E-state index in [0.29, 0.717) is 18.5 Å². The van der Waals surface area contributed by atoms with Gasteiger partial charge < -0.3 is 4.90 Å². The lowest BCUT2D eigenvalue weighted by Gasteiger charge is -2.12. The molecular formula is C8H11NO2. The number of hydrogen-bond acceptors (Lipinski definition) is 2. The Morgan fingerprint density at radius 3 is 2.45 bits per heavy atom. The number of nitrogens with zero attached hydrogens (tertiary/aromatic N) is 1. The van der Waals surface area contributed by atoms with Crippen LogP contribution < -0.4 is 0 Å². The third kappa shape index (κ3) is 1.04. The van der Waals surface area contributed by atoms with E-state index in [0.717, 1.165) is 6.42 Å². The molecule has 1 saturated heterocycles. The molecule has 2 rings (SSSR count). The molecule has 0 aromatic rings. The summed E-state index contributed by atoms with van der Waals surface area (Å²) < 4.78 is 0. The van der Waals surface area contributed by atoms with Gasteiger partial charge in [-0.15, -0.1) is 0 Å². The molecule has 2 aliphatic rings. The molecule has 1 amide bonds. The van der Waals surface area contributed by atoms with Gasteiger partial charge in [-0.3, -0.25) is 9.59 Å². The number of rotatable bonds is 1. The van der Waals surface area contributed by atoms with Gasteiger partial charge in [-0.05, 0) is 12.3 Å². The van der Waals surface area contributed by atoms with Crippen LogP contribution >= 0.6 is 0 Å². The normalized spacial score (nSPS) is 36.6. The number of hydrogen-bond donors (Lipinski definition) is 0. The van der Waals surface area contributed by atoms with Crippen LogP contribution in [0.4, 0.5) is 0 Å². The van der Waals surface area contributed by atoms with E-state index < -0.39 is 0 Å². The molecular weight excluding hydrogens is 142 g/mol. The van der Waals surface area contributed by atoms with Gasteiger partial charge in [0, 0.05) is 6.04 Å². The van der Waals surface area contributed by atoms with Gasteiger partial charge >= 0.3 is 0 Å². The van der Waals surface area contributed by atoms with Crippen molar-refractivity contribution >= 4 is 11.7 Å². The lowest BCUT2D eigenvalue weighted by Crippen LogP contribution is -2.28. The molecule has 1 heterocycles. The van der Waals surface area contributed by atoms with Crippen LogP contribution in [0, 0.1) is 5.92 Å². The quantitative estimate of drug-likeness (QED) is 0.504. The second-order valence-corrected chi connectivity index (χ2v) is 3.52. The van der Waals surface area contributed by atoms with E-state index in [-0.39, 0.29) is 18.1 Å². The highest BCUT2D eigenvalue weighted by Crippen LogP contribution is 2.36. The van der Waals surface area contributed by atoms with Crippen LogP contribution in [0.1, 0.15) is 19.8 Å². The summed E-state index contributed by atoms with van der Waals surface area (Å²) in [5.41, 5.74) is 0. The van der Waals surface area contributed by atoms with Crippen molar-refractivity contribution in [2.45, 2.75) is 25.8 Å². The highest BCUT2D eigenvalue weighted by molar-refractivity contribution is 6.05. The van der Waals surface area contributed by atoms with Gasteiger partial charge in [-0.1, -0.05) is 6.92 Å². The first-order chi connectivity index (χ1) is 5.18. The van der Waals surface area contributed by atoms with Gasteiger partial charge in [0.05, 0.1) is 13.0 Å². The fourth-order valence-corrected chi connectivity index (χ4v) is 1.64. The zero-order chi connectivity index (χ0) is 8.01. The molecule has 2 atom stereocenters. The topological polar surface area (TPSA) is 37.4 Å². The zero-order valence-electron chi connectivity index (χ0n) is 6.54. The van der Waals surface area contributed by atoms with Gasteiger partial charge in [-0.25, -0.2) is 0 Å². The largest absolute Gasteiger partial charge is 0.332 e. The molecule has 0 spiro atoms. The Morgan fingerprint density at radius 1 is 1.45 bits per heavy atom. The van der Waals surface area contributed by atoms with Crippen molar-refractivity contribution in [1.29, 1.82) is 0 Å². The first-order valence-corrected chi connectivity index (χ1v) is 3.99. The summed E-state index contributed by atoms with van der Waals surface area (Å²) in [5.74, 6) is 0.725. The molecule has 2 fully saturated rings. The SMILES string of the molecule is CC1CC1N1CC(=O)CC1=O. The van der Waals surface area contributed by atoms with Crippen LogP contribution in [0.25, 0.3) is 0 Å². The Labute approximate surface area is 65.4 Å². The summed E-state index contributed by atoms with van der Waals surface area (Å²) in [6, 6.07) is 0.383. The van der Waals surface area contributed by atoms with Crippen molar-refractivity contribution in [3.8, 4) is 0 Å². The van der Waals surface area contributed by atoms with Crippen LogP contribution in [0.5, 0.6) is 0 Å². The Hall–Kier alpha value is -0.860. The Balaban J connectivity index is 2.04. The standard InChI is InChI=1S/C8H11NO2/c1-5-2-7(5)9-4-6(10)3-8(9)11/h5,7H,2-4H2,1H3. The van der Waals surface area contributed by atoms with Crippen LogP contribution in [-0.2, 0) is 9.59 Å². The molecule has 0 aromatic heterocycles. The molecule has 1 saturated carbocycles. The number of carbonyl (C=O) groups is 2. The molecule has 11 heavy (non-hydrogen) atoms. The van der Waals surface area contributed by atoms with Crippen molar-refractivity contribution < 1.29 is 9.59 Å². The third-order valence-electron chi connectivity index (χ3n) is 2.48. The van der Waals surface area contributed by atoms with Crippen molar-refractivity contribution in [1.82, 2.24) is 4.90 Å². The second kappa shape index (κ2) is 2.06. The molecule has 1 aliphatic carbocycles. The highest BCUT2D eigenvalue weighted by Gasteiger charge is 2.44. The Bertz CT molecular complexity index is 224. The predicted molar refractivity (Wildman–Crippen MR) is 38.9 cm³/mol. The average Bonchev–Trinajstić information content (AvgIpc) is 2.52. The molecule has 0 radical (unpaired) electrons. The van der Waals surface area contributed by atoms with E-state index in [4.69, 9.17) is 0 Å². The summed E-state index contributed by atoms with van der Waals surface area (Å²) in [6.45, 7) is 2.48. The third-order valence-corrected chi connectivity index (χ3v) is 2.48. The summed E-state index contributed by atoms with van der Waals surface area (Å²) in [5, 5.41) is 0. The minimum absolute atomic E-state index is 0.0318. The monoisotopic (exact) mass is 153 g/mol. The van der Waals surface area contributed by atoms with Crippen LogP contribution in [0.3, 0.4) is 0 Å². The second-order valence-electron chi connectivity index (χ2n) is 3.52. The maximum absolute atomic E-state index is 11.1. The fourth-order valence-electron chi connectivity index (χ4n) is 1.64. The fraction of sp³-hybridized carbons (Fsp3) is 0.750. The molecule has 3 heteroatoms. The summed E-state index contributed by atoms with van der Waals surface area (Å²) in [4.78, 5) is 23.7. The summed E-state index contributed by atoms with van der Waals surface area (Å²) in [6.07, 6.45) is 1.22. The average molecular weight is 153 g/mol. The number of Topliss-reactive ketones (excluding diaryl/α,β-unsaturated/α-hetero) is 1. The molecule has 1 aliphatic heterocycles. The van der Waals surface area contributed by atoms with Gasteiger partial charge in [0.15, 0.2) is 5.78 Å². The lowest BCUT2D eigenvalue weighted by atomic mass is 10.3. The maximum Gasteiger partial charge on any atom is 0.230 e. The van der Waals surface area contributed by atoms with E-state index in [1.807, 2.05) is 0 Å².